The number of Topliss-reactive ketones (excluding diaryl/α,β-unsaturated/α-hetero) is 2. The van der Waals surface area contributed by atoms with Crippen LogP contribution in [0.25, 0.3) is 0 Å². The first-order valence-electron chi connectivity index (χ1n) is 9.09. The highest BCUT2D eigenvalue weighted by Gasteiger charge is 2.34. The Morgan fingerprint density at radius 2 is 1.58 bits per heavy atom. The maximum absolute atomic E-state index is 12.9. The Bertz CT molecular complexity index is 827. The van der Waals surface area contributed by atoms with Crippen molar-refractivity contribution in [2.75, 3.05) is 17.3 Å². The van der Waals surface area contributed by atoms with Crippen molar-refractivity contribution in [3.05, 3.63) is 33.8 Å². The van der Waals surface area contributed by atoms with Gasteiger partial charge in [0.15, 0.2) is 0 Å². The smallest absolute Gasteiger partial charge is 0.321 e. The zero-order chi connectivity index (χ0) is 23.7. The molecule has 6 N–H and O–H groups in total. The van der Waals surface area contributed by atoms with Gasteiger partial charge in [-0.1, -0.05) is 29.3 Å². The molecule has 0 amide bonds. The second-order valence-corrected chi connectivity index (χ2v) is 9.84. The van der Waals surface area contributed by atoms with Crippen LogP contribution in [0.5, 0.6) is 0 Å². The van der Waals surface area contributed by atoms with Gasteiger partial charge in [0.2, 0.25) is 0 Å². The van der Waals surface area contributed by atoms with E-state index in [9.17, 15) is 19.2 Å². The monoisotopic (exact) mass is 510 g/mol. The van der Waals surface area contributed by atoms with Gasteiger partial charge in [0.05, 0.1) is 16.0 Å². The van der Waals surface area contributed by atoms with Gasteiger partial charge in [-0.3, -0.25) is 19.2 Å². The van der Waals surface area contributed by atoms with Crippen LogP contribution in [-0.2, 0) is 19.2 Å². The van der Waals surface area contributed by atoms with Crippen LogP contribution < -0.4 is 11.5 Å². The van der Waals surface area contributed by atoms with Crippen molar-refractivity contribution >= 4 is 70.2 Å². The van der Waals surface area contributed by atoms with Crippen LogP contribution in [0, 0.1) is 5.92 Å². The van der Waals surface area contributed by atoms with Gasteiger partial charge in [-0.25, -0.2) is 0 Å². The van der Waals surface area contributed by atoms with E-state index < -0.39 is 35.2 Å². The van der Waals surface area contributed by atoms with Gasteiger partial charge in [0.25, 0.3) is 0 Å². The summed E-state index contributed by atoms with van der Waals surface area (Å²) in [5.74, 6) is -3.73. The van der Waals surface area contributed by atoms with Crippen molar-refractivity contribution in [2.45, 2.75) is 30.7 Å². The number of carbonyl (C=O) groups is 4. The summed E-state index contributed by atoms with van der Waals surface area (Å²) in [6.07, 6.45) is 0.0185. The summed E-state index contributed by atoms with van der Waals surface area (Å²) in [4.78, 5) is 47.2. The third-order valence-electron chi connectivity index (χ3n) is 4.24. The number of aliphatic carboxylic acids is 2. The first-order chi connectivity index (χ1) is 14.5. The van der Waals surface area contributed by atoms with E-state index in [1.165, 1.54) is 30.8 Å². The topological polar surface area (TPSA) is 161 Å². The number of carboxylic acids is 2. The summed E-state index contributed by atoms with van der Waals surface area (Å²) < 4.78 is 0. The van der Waals surface area contributed by atoms with Gasteiger partial charge >= 0.3 is 11.9 Å². The molecule has 12 heteroatoms. The van der Waals surface area contributed by atoms with Crippen molar-refractivity contribution in [3.63, 3.8) is 0 Å². The molecule has 0 aliphatic carbocycles. The van der Waals surface area contributed by atoms with E-state index in [0.29, 0.717) is 10.6 Å². The molecular weight excluding hydrogens is 487 g/mol. The van der Waals surface area contributed by atoms with Gasteiger partial charge in [-0.2, -0.15) is 23.5 Å². The molecule has 0 aliphatic heterocycles. The normalized spacial score (nSPS) is 15.0. The molecular formula is C19H24Cl2N2O6S2. The Balaban J connectivity index is 3.04. The number of carbonyl (C=O) groups excluding carboxylic acids is 2. The highest BCUT2D eigenvalue weighted by atomic mass is 35.5. The summed E-state index contributed by atoms with van der Waals surface area (Å²) in [7, 11) is 0. The average molecular weight is 511 g/mol. The maximum atomic E-state index is 12.9. The Morgan fingerprint density at radius 1 is 1.00 bits per heavy atom. The summed E-state index contributed by atoms with van der Waals surface area (Å²) >= 11 is 14.4. The highest BCUT2D eigenvalue weighted by Crippen LogP contribution is 2.40. The number of hydrogen-bond acceptors (Lipinski definition) is 8. The molecule has 0 unspecified atom stereocenters. The van der Waals surface area contributed by atoms with Gasteiger partial charge in [-0.15, -0.1) is 0 Å². The van der Waals surface area contributed by atoms with Crippen molar-refractivity contribution in [1.29, 1.82) is 0 Å². The zero-order valence-electron chi connectivity index (χ0n) is 16.6. The van der Waals surface area contributed by atoms with Crippen molar-refractivity contribution in [1.82, 2.24) is 0 Å². The summed E-state index contributed by atoms with van der Waals surface area (Å²) in [6.45, 7) is 1.29. The van der Waals surface area contributed by atoms with Gasteiger partial charge in [-0.05, 0) is 24.6 Å². The predicted octanol–water partition coefficient (Wildman–Crippen LogP) is 2.49. The molecule has 0 saturated heterocycles. The highest BCUT2D eigenvalue weighted by molar-refractivity contribution is 7.99. The molecule has 0 bridgehead atoms. The lowest BCUT2D eigenvalue weighted by atomic mass is 9.90. The Kier molecular flexibility index (Phi) is 11.9. The third kappa shape index (κ3) is 8.99. The molecule has 172 valence electrons. The van der Waals surface area contributed by atoms with Gasteiger partial charge in [0, 0.05) is 28.9 Å². The zero-order valence-corrected chi connectivity index (χ0v) is 19.8. The lowest BCUT2D eigenvalue weighted by Gasteiger charge is -2.25. The van der Waals surface area contributed by atoms with E-state index in [-0.39, 0.29) is 40.3 Å². The molecule has 0 radical (unpaired) electrons. The number of rotatable bonds is 14. The fraction of sp³-hybridized carbons (Fsp3) is 0.474. The molecule has 0 aliphatic rings. The summed E-state index contributed by atoms with van der Waals surface area (Å²) in [6, 6.07) is 2.49. The lowest BCUT2D eigenvalue weighted by molar-refractivity contribution is -0.138. The molecule has 1 aromatic rings. The van der Waals surface area contributed by atoms with E-state index in [1.54, 1.807) is 6.07 Å². The second kappa shape index (κ2) is 13.3. The molecule has 1 rings (SSSR count). The minimum atomic E-state index is -1.20. The molecule has 0 spiro atoms. The van der Waals surface area contributed by atoms with E-state index in [1.807, 2.05) is 0 Å². The third-order valence-corrected chi connectivity index (χ3v) is 7.52. The number of carboxylic acid groups (broad SMARTS) is 2. The minimum absolute atomic E-state index is 0.0185. The molecule has 1 aromatic carbocycles. The Labute approximate surface area is 198 Å². The van der Waals surface area contributed by atoms with Gasteiger partial charge < -0.3 is 21.7 Å². The van der Waals surface area contributed by atoms with Crippen molar-refractivity contribution < 1.29 is 29.4 Å². The summed E-state index contributed by atoms with van der Waals surface area (Å²) in [5, 5.41) is 17.7. The predicted molar refractivity (Wildman–Crippen MR) is 124 cm³/mol. The van der Waals surface area contributed by atoms with E-state index in [2.05, 4.69) is 0 Å². The fourth-order valence-corrected chi connectivity index (χ4v) is 5.22. The number of halogens is 2. The number of hydrogen-bond donors (Lipinski definition) is 4. The van der Waals surface area contributed by atoms with Crippen LogP contribution in [-0.4, -0.2) is 63.1 Å². The number of nitrogens with two attached hydrogens (primary N) is 2. The molecule has 4 atom stereocenters. The van der Waals surface area contributed by atoms with Crippen molar-refractivity contribution in [2.24, 2.45) is 17.4 Å². The first kappa shape index (κ1) is 27.7. The molecule has 0 saturated carbocycles. The Hall–Kier alpha value is -1.30. The van der Waals surface area contributed by atoms with E-state index in [0.717, 1.165) is 11.8 Å². The van der Waals surface area contributed by atoms with E-state index in [4.69, 9.17) is 44.9 Å². The fourth-order valence-electron chi connectivity index (χ4n) is 2.57. The standard InChI is InChI=1S/C19H24Cl2N2O6S2/c1-9(24)16(15(25)4-5-30-7-13(22)18(26)27)17(31-8-14(23)19(28)29)10-2-3-11(20)12(21)6-10/h2-3,6,13-14,16-17H,4-5,7-8,22-23H2,1H3,(H,26,27)(H,28,29)/t13-,14-,16+,17-/m0/s1. The molecule has 8 nitrogen and oxygen atoms in total. The largest absolute Gasteiger partial charge is 0.480 e. The van der Waals surface area contributed by atoms with Crippen LogP contribution >= 0.6 is 46.7 Å². The number of benzene rings is 1. The maximum Gasteiger partial charge on any atom is 0.321 e. The number of ketones is 2. The minimum Gasteiger partial charge on any atom is -0.480 e. The first-order valence-corrected chi connectivity index (χ1v) is 12.1. The second-order valence-electron chi connectivity index (χ2n) is 6.70. The van der Waals surface area contributed by atoms with Crippen LogP contribution in [0.4, 0.5) is 0 Å². The van der Waals surface area contributed by atoms with Crippen LogP contribution in [0.1, 0.15) is 24.2 Å². The SMILES string of the molecule is CC(=O)[C@H](C(=O)CCSC[C@H](N)C(=O)O)[C@@H](SC[C@H](N)C(=O)O)c1ccc(Cl)c(Cl)c1. The quantitative estimate of drug-likeness (QED) is 0.216. The van der Waals surface area contributed by atoms with Crippen molar-refractivity contribution in [3.8, 4) is 0 Å². The molecule has 0 fully saturated rings. The molecule has 0 heterocycles. The molecule has 31 heavy (non-hydrogen) atoms. The average Bonchev–Trinajstić information content (AvgIpc) is 2.69. The lowest BCUT2D eigenvalue weighted by Crippen LogP contribution is -2.34. The van der Waals surface area contributed by atoms with Crippen LogP contribution in [0.15, 0.2) is 18.2 Å². The summed E-state index contributed by atoms with van der Waals surface area (Å²) in [5.41, 5.74) is 11.6. The van der Waals surface area contributed by atoms with Crippen LogP contribution in [0.3, 0.4) is 0 Å². The number of thioether (sulfide) groups is 2. The molecule has 0 aromatic heterocycles. The Morgan fingerprint density at radius 3 is 2.10 bits per heavy atom. The van der Waals surface area contributed by atoms with E-state index >= 15 is 0 Å². The van der Waals surface area contributed by atoms with Gasteiger partial charge in [0.1, 0.15) is 23.7 Å². The van der Waals surface area contributed by atoms with Crippen LogP contribution in [0.2, 0.25) is 10.0 Å².